The fourth-order valence-corrected chi connectivity index (χ4v) is 2.52. The second kappa shape index (κ2) is 3.80. The molecular formula is C13H15N3O. The lowest BCUT2D eigenvalue weighted by Crippen LogP contribution is -2.22. The minimum absolute atomic E-state index is 0.0238. The summed E-state index contributed by atoms with van der Waals surface area (Å²) in [6.07, 6.45) is 1.10. The zero-order valence-corrected chi connectivity index (χ0v) is 9.79. The van der Waals surface area contributed by atoms with E-state index in [-0.39, 0.29) is 5.91 Å². The molecule has 1 aromatic heterocycles. The number of aromatic nitrogens is 1. The zero-order chi connectivity index (χ0) is 11.8. The predicted octanol–water partition coefficient (Wildman–Crippen LogP) is 1.82. The van der Waals surface area contributed by atoms with Crippen molar-refractivity contribution in [3.63, 3.8) is 0 Å². The molecule has 0 saturated carbocycles. The van der Waals surface area contributed by atoms with E-state index in [2.05, 4.69) is 21.3 Å². The van der Waals surface area contributed by atoms with Crippen molar-refractivity contribution >= 4 is 22.6 Å². The molecule has 0 atom stereocenters. The first-order valence-corrected chi connectivity index (χ1v) is 5.90. The second-order valence-corrected chi connectivity index (χ2v) is 4.25. The van der Waals surface area contributed by atoms with Gasteiger partial charge in [0.1, 0.15) is 5.82 Å². The summed E-state index contributed by atoms with van der Waals surface area (Å²) in [4.78, 5) is 12.0. The second-order valence-electron chi connectivity index (χ2n) is 4.25. The van der Waals surface area contributed by atoms with Gasteiger partial charge in [-0.25, -0.2) is 0 Å². The number of hydrogen-bond acceptors (Lipinski definition) is 2. The lowest BCUT2D eigenvalue weighted by Gasteiger charge is -2.18. The summed E-state index contributed by atoms with van der Waals surface area (Å²) in [6, 6.07) is 8.06. The SMILES string of the molecule is CNC(=O)c1c2n(c3ccccc13)CCCN2. The quantitative estimate of drug-likeness (QED) is 0.783. The predicted molar refractivity (Wildman–Crippen MR) is 68.4 cm³/mol. The average Bonchev–Trinajstić information content (AvgIpc) is 2.72. The molecule has 2 aromatic rings. The van der Waals surface area contributed by atoms with Gasteiger partial charge in [0.2, 0.25) is 0 Å². The smallest absolute Gasteiger partial charge is 0.255 e. The van der Waals surface area contributed by atoms with Crippen molar-refractivity contribution in [2.75, 3.05) is 18.9 Å². The summed E-state index contributed by atoms with van der Waals surface area (Å²) in [7, 11) is 1.67. The fourth-order valence-electron chi connectivity index (χ4n) is 2.52. The van der Waals surface area contributed by atoms with Gasteiger partial charge in [0.25, 0.3) is 5.91 Å². The van der Waals surface area contributed by atoms with Gasteiger partial charge in [-0.15, -0.1) is 0 Å². The van der Waals surface area contributed by atoms with Crippen LogP contribution in [0, 0.1) is 0 Å². The third-order valence-corrected chi connectivity index (χ3v) is 3.28. The number of amides is 1. The molecule has 2 heterocycles. The summed E-state index contributed by atoms with van der Waals surface area (Å²) < 4.78 is 2.20. The van der Waals surface area contributed by atoms with Crippen LogP contribution in [0.3, 0.4) is 0 Å². The summed E-state index contributed by atoms with van der Waals surface area (Å²) in [5.41, 5.74) is 1.90. The van der Waals surface area contributed by atoms with Crippen molar-refractivity contribution in [2.24, 2.45) is 0 Å². The van der Waals surface area contributed by atoms with Gasteiger partial charge in [0, 0.05) is 25.5 Å². The summed E-state index contributed by atoms with van der Waals surface area (Å²) in [5, 5.41) is 7.08. The zero-order valence-electron chi connectivity index (χ0n) is 9.79. The number of carbonyl (C=O) groups excluding carboxylic acids is 1. The molecule has 0 radical (unpaired) electrons. The van der Waals surface area contributed by atoms with E-state index in [4.69, 9.17) is 0 Å². The monoisotopic (exact) mass is 229 g/mol. The van der Waals surface area contributed by atoms with Crippen LogP contribution in [0.25, 0.3) is 10.9 Å². The number of anilines is 1. The Morgan fingerprint density at radius 2 is 2.24 bits per heavy atom. The Kier molecular flexibility index (Phi) is 2.28. The summed E-state index contributed by atoms with van der Waals surface area (Å²) >= 11 is 0. The molecule has 1 aliphatic heterocycles. The van der Waals surface area contributed by atoms with Crippen LogP contribution in [0.2, 0.25) is 0 Å². The number of benzene rings is 1. The maximum absolute atomic E-state index is 12.0. The fraction of sp³-hybridized carbons (Fsp3) is 0.308. The van der Waals surface area contributed by atoms with Gasteiger partial charge in [0.05, 0.1) is 11.1 Å². The first-order chi connectivity index (χ1) is 8.33. The van der Waals surface area contributed by atoms with Crippen molar-refractivity contribution in [2.45, 2.75) is 13.0 Å². The number of nitrogens with zero attached hydrogens (tertiary/aromatic N) is 1. The number of para-hydroxylation sites is 1. The normalized spacial score (nSPS) is 14.2. The van der Waals surface area contributed by atoms with Gasteiger partial charge in [0.15, 0.2) is 0 Å². The number of carbonyl (C=O) groups is 1. The van der Waals surface area contributed by atoms with E-state index >= 15 is 0 Å². The third-order valence-electron chi connectivity index (χ3n) is 3.28. The lowest BCUT2D eigenvalue weighted by molar-refractivity contribution is 0.0965. The van der Waals surface area contributed by atoms with Crippen LogP contribution in [0.4, 0.5) is 5.82 Å². The number of fused-ring (bicyclic) bond motifs is 3. The molecule has 0 saturated heterocycles. The first kappa shape index (κ1) is 10.2. The van der Waals surface area contributed by atoms with E-state index in [0.717, 1.165) is 41.8 Å². The van der Waals surface area contributed by atoms with Crippen LogP contribution in [0.15, 0.2) is 24.3 Å². The van der Waals surface area contributed by atoms with Crippen molar-refractivity contribution < 1.29 is 4.79 Å². The average molecular weight is 229 g/mol. The molecule has 1 aliphatic rings. The van der Waals surface area contributed by atoms with Crippen LogP contribution >= 0.6 is 0 Å². The van der Waals surface area contributed by atoms with Crippen LogP contribution in [-0.4, -0.2) is 24.1 Å². The molecule has 0 aliphatic carbocycles. The van der Waals surface area contributed by atoms with Gasteiger partial charge < -0.3 is 15.2 Å². The van der Waals surface area contributed by atoms with Gasteiger partial charge in [-0.05, 0) is 12.5 Å². The standard InChI is InChI=1S/C13H15N3O/c1-14-13(17)11-9-5-2-3-6-10(9)16-8-4-7-15-12(11)16/h2-3,5-6,15H,4,7-8H2,1H3,(H,14,17). The topological polar surface area (TPSA) is 46.1 Å². The van der Waals surface area contributed by atoms with E-state index in [0.29, 0.717) is 0 Å². The Hall–Kier alpha value is -1.97. The van der Waals surface area contributed by atoms with Gasteiger partial charge in [-0.3, -0.25) is 4.79 Å². The Balaban J connectivity index is 2.35. The highest BCUT2D eigenvalue weighted by Gasteiger charge is 2.23. The number of nitrogens with one attached hydrogen (secondary N) is 2. The minimum Gasteiger partial charge on any atom is -0.371 e. The van der Waals surface area contributed by atoms with E-state index in [1.165, 1.54) is 0 Å². The van der Waals surface area contributed by atoms with Crippen molar-refractivity contribution in [1.82, 2.24) is 9.88 Å². The molecule has 1 amide bonds. The third kappa shape index (κ3) is 1.40. The number of hydrogen-bond donors (Lipinski definition) is 2. The number of aryl methyl sites for hydroxylation is 1. The molecule has 3 rings (SSSR count). The maximum atomic E-state index is 12.0. The van der Waals surface area contributed by atoms with Crippen LogP contribution in [-0.2, 0) is 6.54 Å². The van der Waals surface area contributed by atoms with Gasteiger partial charge in [-0.2, -0.15) is 0 Å². The molecular weight excluding hydrogens is 214 g/mol. The Morgan fingerprint density at radius 1 is 1.41 bits per heavy atom. The Morgan fingerprint density at radius 3 is 3.06 bits per heavy atom. The van der Waals surface area contributed by atoms with E-state index in [1.54, 1.807) is 7.05 Å². The molecule has 0 unspecified atom stereocenters. The Labute approximate surface area is 99.6 Å². The molecule has 0 spiro atoms. The highest BCUT2D eigenvalue weighted by atomic mass is 16.1. The summed E-state index contributed by atoms with van der Waals surface area (Å²) in [6.45, 7) is 1.90. The maximum Gasteiger partial charge on any atom is 0.255 e. The number of rotatable bonds is 1. The molecule has 2 N–H and O–H groups in total. The highest BCUT2D eigenvalue weighted by molar-refractivity contribution is 6.12. The first-order valence-electron chi connectivity index (χ1n) is 5.90. The molecule has 0 bridgehead atoms. The molecule has 0 fully saturated rings. The van der Waals surface area contributed by atoms with E-state index < -0.39 is 0 Å². The van der Waals surface area contributed by atoms with Gasteiger partial charge >= 0.3 is 0 Å². The highest BCUT2D eigenvalue weighted by Crippen LogP contribution is 2.32. The van der Waals surface area contributed by atoms with Crippen LogP contribution in [0.5, 0.6) is 0 Å². The molecule has 17 heavy (non-hydrogen) atoms. The summed E-state index contributed by atoms with van der Waals surface area (Å²) in [5.74, 6) is 0.932. The molecule has 4 heteroatoms. The Bertz CT molecular complexity index is 586. The minimum atomic E-state index is -0.0238. The lowest BCUT2D eigenvalue weighted by atomic mass is 10.1. The molecule has 1 aromatic carbocycles. The van der Waals surface area contributed by atoms with Crippen molar-refractivity contribution in [1.29, 1.82) is 0 Å². The van der Waals surface area contributed by atoms with E-state index in [1.807, 2.05) is 18.2 Å². The van der Waals surface area contributed by atoms with Crippen molar-refractivity contribution in [3.05, 3.63) is 29.8 Å². The van der Waals surface area contributed by atoms with Crippen LogP contribution < -0.4 is 10.6 Å². The molecule has 4 nitrogen and oxygen atoms in total. The van der Waals surface area contributed by atoms with E-state index in [9.17, 15) is 4.79 Å². The van der Waals surface area contributed by atoms with Gasteiger partial charge in [-0.1, -0.05) is 18.2 Å². The largest absolute Gasteiger partial charge is 0.371 e. The van der Waals surface area contributed by atoms with Crippen LogP contribution in [0.1, 0.15) is 16.8 Å². The molecule has 88 valence electrons. The van der Waals surface area contributed by atoms with Crippen molar-refractivity contribution in [3.8, 4) is 0 Å².